The minimum Gasteiger partial charge on any atom is -0.389 e. The van der Waals surface area contributed by atoms with Crippen molar-refractivity contribution < 1.29 is 14.6 Å². The van der Waals surface area contributed by atoms with Crippen molar-refractivity contribution in [3.8, 4) is 0 Å². The fraction of sp³-hybridized carbons (Fsp3) is 0.500. The van der Waals surface area contributed by atoms with Crippen molar-refractivity contribution in [1.29, 1.82) is 0 Å². The Hall–Kier alpha value is -1.04. The Morgan fingerprint density at radius 3 is 2.63 bits per heavy atom. The lowest BCUT2D eigenvalue weighted by molar-refractivity contribution is -0.128. The molecule has 19 heavy (non-hydrogen) atoms. The molecule has 0 saturated heterocycles. The molecule has 0 fully saturated rings. The summed E-state index contributed by atoms with van der Waals surface area (Å²) in [5, 5.41) is 9.56. The highest BCUT2D eigenvalue weighted by Crippen LogP contribution is 2.18. The minimum atomic E-state index is -0.636. The summed E-state index contributed by atoms with van der Waals surface area (Å²) in [6.07, 6.45) is -0.636. The molecule has 1 rings (SSSR count). The van der Waals surface area contributed by atoms with E-state index in [1.54, 1.807) is 7.05 Å². The molecule has 1 unspecified atom stereocenters. The van der Waals surface area contributed by atoms with E-state index < -0.39 is 6.10 Å². The Morgan fingerprint density at radius 2 is 2.05 bits per heavy atom. The van der Waals surface area contributed by atoms with Gasteiger partial charge in [-0.05, 0) is 19.1 Å². The van der Waals surface area contributed by atoms with Crippen LogP contribution in [0.3, 0.4) is 0 Å². The van der Waals surface area contributed by atoms with Crippen molar-refractivity contribution in [2.75, 3.05) is 33.1 Å². The molecule has 1 aromatic rings. The van der Waals surface area contributed by atoms with Gasteiger partial charge in [-0.1, -0.05) is 17.7 Å². The Balaban J connectivity index is 2.36. The third kappa shape index (κ3) is 6.09. The molecule has 0 aliphatic heterocycles. The van der Waals surface area contributed by atoms with E-state index in [2.05, 4.69) is 0 Å². The summed E-state index contributed by atoms with van der Waals surface area (Å²) in [4.78, 5) is 14.5. The van der Waals surface area contributed by atoms with Gasteiger partial charge in [0.05, 0.1) is 18.5 Å². The summed E-state index contributed by atoms with van der Waals surface area (Å²) >= 11 is 1.50. The number of methoxy groups -OCH3 is 1. The summed E-state index contributed by atoms with van der Waals surface area (Å²) in [5.41, 5.74) is 1.20. The monoisotopic (exact) mass is 283 g/mol. The Bertz CT molecular complexity index is 394. The highest BCUT2D eigenvalue weighted by Gasteiger charge is 2.13. The molecule has 0 heterocycles. The molecule has 1 atom stereocenters. The van der Waals surface area contributed by atoms with E-state index in [0.717, 1.165) is 4.90 Å². The number of likely N-dealkylation sites (N-methyl/N-ethyl adjacent to an activating group) is 1. The van der Waals surface area contributed by atoms with Crippen molar-refractivity contribution in [2.24, 2.45) is 0 Å². The quantitative estimate of drug-likeness (QED) is 0.772. The number of ether oxygens (including phenoxy) is 1. The molecule has 0 aliphatic carbocycles. The van der Waals surface area contributed by atoms with E-state index in [0.29, 0.717) is 12.3 Å². The second kappa shape index (κ2) is 8.19. The van der Waals surface area contributed by atoms with Crippen molar-refractivity contribution in [3.63, 3.8) is 0 Å². The second-order valence-electron chi connectivity index (χ2n) is 4.49. The van der Waals surface area contributed by atoms with E-state index in [1.807, 2.05) is 31.2 Å². The van der Waals surface area contributed by atoms with Crippen LogP contribution in [-0.4, -0.2) is 55.1 Å². The number of carbonyl (C=O) groups is 1. The van der Waals surface area contributed by atoms with E-state index in [-0.39, 0.29) is 12.5 Å². The molecule has 1 N–H and O–H groups in total. The molecular formula is C14H21NO3S. The van der Waals surface area contributed by atoms with Gasteiger partial charge in [0.15, 0.2) is 0 Å². The Labute approximate surface area is 118 Å². The summed E-state index contributed by atoms with van der Waals surface area (Å²) < 4.78 is 4.83. The van der Waals surface area contributed by atoms with Crippen molar-refractivity contribution >= 4 is 17.7 Å². The first kappa shape index (κ1) is 16.0. The van der Waals surface area contributed by atoms with Gasteiger partial charge in [-0.3, -0.25) is 4.79 Å². The number of aryl methyl sites for hydroxylation is 1. The summed E-state index contributed by atoms with van der Waals surface area (Å²) in [5.74, 6) is 0.375. The van der Waals surface area contributed by atoms with Crippen LogP contribution in [0.25, 0.3) is 0 Å². The number of carbonyl (C=O) groups excluding carboxylic acids is 1. The lowest BCUT2D eigenvalue weighted by Crippen LogP contribution is -2.37. The zero-order valence-corrected chi connectivity index (χ0v) is 12.4. The largest absolute Gasteiger partial charge is 0.389 e. The average Bonchev–Trinajstić information content (AvgIpc) is 2.37. The lowest BCUT2D eigenvalue weighted by Gasteiger charge is -2.20. The number of benzene rings is 1. The van der Waals surface area contributed by atoms with E-state index in [1.165, 1.54) is 29.3 Å². The molecule has 0 bridgehead atoms. The number of nitrogens with zero attached hydrogens (tertiary/aromatic N) is 1. The fourth-order valence-electron chi connectivity index (χ4n) is 1.55. The zero-order chi connectivity index (χ0) is 14.3. The van der Waals surface area contributed by atoms with Crippen molar-refractivity contribution in [3.05, 3.63) is 29.8 Å². The standard InChI is InChI=1S/C14H21NO3S/c1-11-4-6-13(7-5-11)19-10-14(17)15(2)8-12(16)9-18-3/h4-7,12,16H,8-10H2,1-3H3. The van der Waals surface area contributed by atoms with Crippen LogP contribution in [0.15, 0.2) is 29.2 Å². The van der Waals surface area contributed by atoms with E-state index in [4.69, 9.17) is 4.74 Å². The Morgan fingerprint density at radius 1 is 1.42 bits per heavy atom. The highest BCUT2D eigenvalue weighted by atomic mass is 32.2. The van der Waals surface area contributed by atoms with Gasteiger partial charge in [0, 0.05) is 25.6 Å². The molecule has 0 spiro atoms. The number of thioether (sulfide) groups is 1. The predicted molar refractivity (Wildman–Crippen MR) is 77.4 cm³/mol. The van der Waals surface area contributed by atoms with Crippen LogP contribution in [0.4, 0.5) is 0 Å². The molecule has 1 aromatic carbocycles. The first-order chi connectivity index (χ1) is 9.02. The predicted octanol–water partition coefficient (Wildman–Crippen LogP) is 1.55. The first-order valence-electron chi connectivity index (χ1n) is 6.13. The summed E-state index contributed by atoms with van der Waals surface area (Å²) in [6.45, 7) is 2.56. The van der Waals surface area contributed by atoms with E-state index >= 15 is 0 Å². The van der Waals surface area contributed by atoms with Crippen LogP contribution in [0, 0.1) is 6.92 Å². The molecule has 1 amide bonds. The summed E-state index contributed by atoms with van der Waals surface area (Å²) in [7, 11) is 3.22. The second-order valence-corrected chi connectivity index (χ2v) is 5.53. The Kier molecular flexibility index (Phi) is 6.91. The number of hydrogen-bond donors (Lipinski definition) is 1. The van der Waals surface area contributed by atoms with Crippen molar-refractivity contribution in [2.45, 2.75) is 17.9 Å². The van der Waals surface area contributed by atoms with Gasteiger partial charge in [-0.2, -0.15) is 0 Å². The van der Waals surface area contributed by atoms with Crippen LogP contribution in [0.5, 0.6) is 0 Å². The van der Waals surface area contributed by atoms with Crippen LogP contribution < -0.4 is 0 Å². The van der Waals surface area contributed by atoms with Crippen LogP contribution >= 0.6 is 11.8 Å². The molecule has 0 saturated carbocycles. The maximum absolute atomic E-state index is 11.9. The van der Waals surface area contributed by atoms with Crippen molar-refractivity contribution in [1.82, 2.24) is 4.90 Å². The van der Waals surface area contributed by atoms with Gasteiger partial charge >= 0.3 is 0 Å². The molecule has 0 aromatic heterocycles. The normalized spacial score (nSPS) is 12.2. The molecule has 5 heteroatoms. The van der Waals surface area contributed by atoms with Crippen LogP contribution in [-0.2, 0) is 9.53 Å². The number of amides is 1. The maximum atomic E-state index is 11.9. The zero-order valence-electron chi connectivity index (χ0n) is 11.6. The molecule has 0 radical (unpaired) electrons. The van der Waals surface area contributed by atoms with Crippen LogP contribution in [0.2, 0.25) is 0 Å². The fourth-order valence-corrected chi connectivity index (χ4v) is 2.39. The van der Waals surface area contributed by atoms with Gasteiger partial charge in [-0.25, -0.2) is 0 Å². The van der Waals surface area contributed by atoms with Gasteiger partial charge in [-0.15, -0.1) is 11.8 Å². The average molecular weight is 283 g/mol. The van der Waals surface area contributed by atoms with Gasteiger partial charge < -0.3 is 14.7 Å². The van der Waals surface area contributed by atoms with Crippen LogP contribution in [0.1, 0.15) is 5.56 Å². The summed E-state index contributed by atoms with van der Waals surface area (Å²) in [6, 6.07) is 8.07. The minimum absolute atomic E-state index is 0.000674. The first-order valence-corrected chi connectivity index (χ1v) is 7.12. The number of aliphatic hydroxyl groups excluding tert-OH is 1. The third-order valence-corrected chi connectivity index (χ3v) is 3.65. The SMILES string of the molecule is COCC(O)CN(C)C(=O)CSc1ccc(C)cc1. The molecule has 0 aliphatic rings. The number of hydrogen-bond acceptors (Lipinski definition) is 4. The third-order valence-electron chi connectivity index (χ3n) is 2.65. The number of aliphatic hydroxyl groups is 1. The smallest absolute Gasteiger partial charge is 0.232 e. The lowest BCUT2D eigenvalue weighted by atomic mass is 10.2. The van der Waals surface area contributed by atoms with E-state index in [9.17, 15) is 9.90 Å². The number of rotatable bonds is 7. The maximum Gasteiger partial charge on any atom is 0.232 e. The molecule has 106 valence electrons. The van der Waals surface area contributed by atoms with Gasteiger partial charge in [0.2, 0.25) is 5.91 Å². The molecule has 4 nitrogen and oxygen atoms in total. The highest BCUT2D eigenvalue weighted by molar-refractivity contribution is 8.00. The topological polar surface area (TPSA) is 49.8 Å². The van der Waals surface area contributed by atoms with Gasteiger partial charge in [0.25, 0.3) is 0 Å². The molecular weight excluding hydrogens is 262 g/mol. The van der Waals surface area contributed by atoms with Gasteiger partial charge in [0.1, 0.15) is 0 Å².